The number of rotatable bonds is 3. The second-order valence-electron chi connectivity index (χ2n) is 3.74. The molecule has 90 valence electrons. The highest BCUT2D eigenvalue weighted by Gasteiger charge is 2.15. The van der Waals surface area contributed by atoms with E-state index in [0.717, 1.165) is 0 Å². The second kappa shape index (κ2) is 4.75. The fourth-order valence-corrected chi connectivity index (χ4v) is 1.63. The molecule has 0 spiro atoms. The maximum absolute atomic E-state index is 11.3. The van der Waals surface area contributed by atoms with Crippen LogP contribution in [0.4, 0.5) is 5.69 Å². The molecule has 2 rings (SSSR count). The predicted molar refractivity (Wildman–Crippen MR) is 66.3 cm³/mol. The first-order valence-electron chi connectivity index (χ1n) is 5.31. The van der Waals surface area contributed by atoms with E-state index in [2.05, 4.69) is 4.98 Å². The number of para-hydroxylation sites is 1. The minimum absolute atomic E-state index is 0.0225. The Kier molecular flexibility index (Phi) is 3.14. The van der Waals surface area contributed by atoms with Crippen LogP contribution in [0.1, 0.15) is 17.4 Å². The summed E-state index contributed by atoms with van der Waals surface area (Å²) in [4.78, 5) is 25.8. The van der Waals surface area contributed by atoms with Gasteiger partial charge in [-0.3, -0.25) is 14.9 Å². The number of nitro groups is 1. The molecule has 0 amide bonds. The van der Waals surface area contributed by atoms with E-state index in [9.17, 15) is 14.9 Å². The Morgan fingerprint density at radius 3 is 2.56 bits per heavy atom. The smallest absolute Gasteiger partial charge is 0.278 e. The van der Waals surface area contributed by atoms with Gasteiger partial charge in [-0.1, -0.05) is 18.2 Å². The van der Waals surface area contributed by atoms with Crippen LogP contribution in [0.3, 0.4) is 0 Å². The van der Waals surface area contributed by atoms with Gasteiger partial charge in [0.2, 0.25) is 0 Å². The van der Waals surface area contributed by atoms with Crippen molar-refractivity contribution in [2.75, 3.05) is 0 Å². The molecular weight excluding hydrogens is 232 g/mol. The van der Waals surface area contributed by atoms with Crippen molar-refractivity contribution in [3.8, 4) is 11.3 Å². The van der Waals surface area contributed by atoms with Gasteiger partial charge in [-0.2, -0.15) is 0 Å². The van der Waals surface area contributed by atoms with Gasteiger partial charge in [0.1, 0.15) is 5.69 Å². The minimum Gasteiger partial charge on any atom is -0.293 e. The van der Waals surface area contributed by atoms with Crippen LogP contribution in [0, 0.1) is 10.1 Å². The average Bonchev–Trinajstić information content (AvgIpc) is 2.39. The van der Waals surface area contributed by atoms with Crippen molar-refractivity contribution in [3.63, 3.8) is 0 Å². The van der Waals surface area contributed by atoms with E-state index in [-0.39, 0.29) is 11.5 Å². The Labute approximate surface area is 103 Å². The first-order valence-corrected chi connectivity index (χ1v) is 5.31. The molecule has 1 aromatic heterocycles. The average molecular weight is 242 g/mol. The Hall–Kier alpha value is -2.56. The third kappa shape index (κ3) is 2.24. The molecule has 1 heterocycles. The zero-order valence-electron chi connectivity index (χ0n) is 9.66. The monoisotopic (exact) mass is 242 g/mol. The molecule has 0 radical (unpaired) electrons. The third-order valence-corrected chi connectivity index (χ3v) is 2.49. The van der Waals surface area contributed by atoms with E-state index in [1.165, 1.54) is 13.0 Å². The highest BCUT2D eigenvalue weighted by Crippen LogP contribution is 2.27. The Bertz CT molecular complexity index is 623. The number of benzene rings is 1. The van der Waals surface area contributed by atoms with E-state index < -0.39 is 4.92 Å². The molecule has 0 aliphatic heterocycles. The van der Waals surface area contributed by atoms with Crippen molar-refractivity contribution < 1.29 is 9.72 Å². The van der Waals surface area contributed by atoms with Crippen LogP contribution < -0.4 is 0 Å². The number of pyridine rings is 1. The van der Waals surface area contributed by atoms with Gasteiger partial charge in [-0.25, -0.2) is 4.98 Å². The molecular formula is C13H10N2O3. The van der Waals surface area contributed by atoms with Gasteiger partial charge in [0.25, 0.3) is 5.69 Å². The third-order valence-electron chi connectivity index (χ3n) is 2.49. The molecule has 0 unspecified atom stereocenters. The van der Waals surface area contributed by atoms with E-state index in [0.29, 0.717) is 17.0 Å². The lowest BCUT2D eigenvalue weighted by Gasteiger charge is -2.03. The van der Waals surface area contributed by atoms with Crippen LogP contribution in [-0.4, -0.2) is 15.7 Å². The van der Waals surface area contributed by atoms with Crippen molar-refractivity contribution in [3.05, 3.63) is 58.3 Å². The first-order chi connectivity index (χ1) is 8.59. The number of Topliss-reactive ketones (excluding diaryl/α,β-unsaturated/α-hetero) is 1. The molecule has 0 saturated heterocycles. The Morgan fingerprint density at radius 2 is 1.89 bits per heavy atom. The number of carbonyl (C=O) groups is 1. The van der Waals surface area contributed by atoms with E-state index in [1.807, 2.05) is 0 Å². The lowest BCUT2D eigenvalue weighted by atomic mass is 10.1. The van der Waals surface area contributed by atoms with Gasteiger partial charge >= 0.3 is 0 Å². The summed E-state index contributed by atoms with van der Waals surface area (Å²) in [5, 5.41) is 10.9. The summed E-state index contributed by atoms with van der Waals surface area (Å²) in [5.74, 6) is -0.171. The van der Waals surface area contributed by atoms with Gasteiger partial charge in [0.15, 0.2) is 5.78 Å². The molecule has 0 atom stereocenters. The summed E-state index contributed by atoms with van der Waals surface area (Å²) in [6.07, 6.45) is 0. The molecule has 5 heteroatoms. The molecule has 0 aliphatic rings. The van der Waals surface area contributed by atoms with Crippen molar-refractivity contribution in [1.82, 2.24) is 4.98 Å². The lowest BCUT2D eigenvalue weighted by Crippen LogP contribution is -1.99. The molecule has 0 saturated carbocycles. The van der Waals surface area contributed by atoms with Crippen LogP contribution in [-0.2, 0) is 0 Å². The summed E-state index contributed by atoms with van der Waals surface area (Å²) in [6, 6.07) is 11.2. The summed E-state index contributed by atoms with van der Waals surface area (Å²) < 4.78 is 0. The SMILES string of the molecule is CC(=O)c1cccc(-c2ccccc2[N+](=O)[O-])n1. The number of aromatic nitrogens is 1. The van der Waals surface area contributed by atoms with E-state index >= 15 is 0 Å². The molecule has 2 aromatic rings. The standard InChI is InChI=1S/C13H10N2O3/c1-9(16)11-6-4-7-12(14-11)10-5-2-3-8-13(10)15(17)18/h2-8H,1H3. The van der Waals surface area contributed by atoms with Gasteiger partial charge in [0.05, 0.1) is 16.2 Å². The van der Waals surface area contributed by atoms with Crippen LogP contribution >= 0.6 is 0 Å². The van der Waals surface area contributed by atoms with Crippen LogP contribution in [0.15, 0.2) is 42.5 Å². The predicted octanol–water partition coefficient (Wildman–Crippen LogP) is 2.86. The second-order valence-corrected chi connectivity index (χ2v) is 3.74. The first kappa shape index (κ1) is 11.9. The van der Waals surface area contributed by atoms with Crippen molar-refractivity contribution in [2.45, 2.75) is 6.92 Å². The van der Waals surface area contributed by atoms with Crippen molar-refractivity contribution in [2.24, 2.45) is 0 Å². The largest absolute Gasteiger partial charge is 0.293 e. The van der Waals surface area contributed by atoms with Crippen LogP contribution in [0.2, 0.25) is 0 Å². The molecule has 18 heavy (non-hydrogen) atoms. The minimum atomic E-state index is -0.461. The van der Waals surface area contributed by atoms with E-state index in [4.69, 9.17) is 0 Å². The normalized spacial score (nSPS) is 10.1. The number of ketones is 1. The fourth-order valence-electron chi connectivity index (χ4n) is 1.63. The number of carbonyl (C=O) groups excluding carboxylic acids is 1. The topological polar surface area (TPSA) is 73.1 Å². The summed E-state index contributed by atoms with van der Waals surface area (Å²) >= 11 is 0. The van der Waals surface area contributed by atoms with Gasteiger partial charge < -0.3 is 0 Å². The quantitative estimate of drug-likeness (QED) is 0.471. The molecule has 5 nitrogen and oxygen atoms in total. The number of nitrogens with zero attached hydrogens (tertiary/aromatic N) is 2. The summed E-state index contributed by atoms with van der Waals surface area (Å²) in [5.41, 5.74) is 1.11. The molecule has 0 aliphatic carbocycles. The van der Waals surface area contributed by atoms with Crippen LogP contribution in [0.5, 0.6) is 0 Å². The highest BCUT2D eigenvalue weighted by molar-refractivity contribution is 5.92. The fraction of sp³-hybridized carbons (Fsp3) is 0.0769. The Balaban J connectivity index is 2.58. The number of hydrogen-bond acceptors (Lipinski definition) is 4. The maximum atomic E-state index is 11.3. The van der Waals surface area contributed by atoms with E-state index in [1.54, 1.807) is 36.4 Å². The highest BCUT2D eigenvalue weighted by atomic mass is 16.6. The Morgan fingerprint density at radius 1 is 1.17 bits per heavy atom. The number of hydrogen-bond donors (Lipinski definition) is 0. The molecule has 0 fully saturated rings. The molecule has 0 N–H and O–H groups in total. The number of nitro benzene ring substituents is 1. The van der Waals surface area contributed by atoms with Gasteiger partial charge in [-0.15, -0.1) is 0 Å². The van der Waals surface area contributed by atoms with Crippen LogP contribution in [0.25, 0.3) is 11.3 Å². The maximum Gasteiger partial charge on any atom is 0.278 e. The zero-order valence-corrected chi connectivity index (χ0v) is 9.66. The summed E-state index contributed by atoms with van der Waals surface area (Å²) in [7, 11) is 0. The zero-order chi connectivity index (χ0) is 13.1. The molecule has 0 bridgehead atoms. The van der Waals surface area contributed by atoms with Crippen molar-refractivity contribution >= 4 is 11.5 Å². The van der Waals surface area contributed by atoms with Gasteiger partial charge in [-0.05, 0) is 18.2 Å². The van der Waals surface area contributed by atoms with Gasteiger partial charge in [0, 0.05) is 13.0 Å². The van der Waals surface area contributed by atoms with Crippen molar-refractivity contribution in [1.29, 1.82) is 0 Å². The lowest BCUT2D eigenvalue weighted by molar-refractivity contribution is -0.384. The molecule has 1 aromatic carbocycles. The summed E-state index contributed by atoms with van der Waals surface area (Å²) in [6.45, 7) is 1.41.